The van der Waals surface area contributed by atoms with Crippen LogP contribution in [0.1, 0.15) is 34.1 Å². The summed E-state index contributed by atoms with van der Waals surface area (Å²) in [5, 5.41) is 3.57. The minimum Gasteiger partial charge on any atom is -0.382 e. The van der Waals surface area contributed by atoms with Crippen LogP contribution in [0, 0.1) is 5.92 Å². The Kier molecular flexibility index (Phi) is 6.32. The summed E-state index contributed by atoms with van der Waals surface area (Å²) >= 11 is 0. The molecule has 0 radical (unpaired) electrons. The maximum Gasteiger partial charge on any atom is 0.0478 e. The highest BCUT2D eigenvalue weighted by Crippen LogP contribution is 2.15. The van der Waals surface area contributed by atoms with Gasteiger partial charge < -0.3 is 10.1 Å². The first-order valence-electron chi connectivity index (χ1n) is 6.70. The summed E-state index contributed by atoms with van der Waals surface area (Å²) in [6.07, 6.45) is 1.16. The van der Waals surface area contributed by atoms with Gasteiger partial charge in [0.15, 0.2) is 0 Å². The average Bonchev–Trinajstić information content (AvgIpc) is 2.24. The van der Waals surface area contributed by atoms with E-state index in [0.717, 1.165) is 32.1 Å². The van der Waals surface area contributed by atoms with Gasteiger partial charge in [-0.1, -0.05) is 13.8 Å². The molecule has 0 aromatic heterocycles. The number of nitrogens with one attached hydrogen (secondary N) is 1. The number of rotatable bonds is 6. The Morgan fingerprint density at radius 1 is 1.44 bits per heavy atom. The molecule has 0 aromatic rings. The second kappa shape index (κ2) is 7.25. The first-order chi connectivity index (χ1) is 7.65. The lowest BCUT2D eigenvalue weighted by Gasteiger charge is -2.41. The van der Waals surface area contributed by atoms with E-state index in [4.69, 9.17) is 4.74 Å². The zero-order valence-electron chi connectivity index (χ0n) is 11.3. The molecule has 3 nitrogen and oxygen atoms in total. The van der Waals surface area contributed by atoms with E-state index in [2.05, 4.69) is 37.9 Å². The molecule has 96 valence electrons. The fraction of sp³-hybridized carbons (Fsp3) is 1.00. The molecular formula is C13H28N2O. The topological polar surface area (TPSA) is 24.5 Å². The average molecular weight is 228 g/mol. The fourth-order valence-electron chi connectivity index (χ4n) is 2.43. The summed E-state index contributed by atoms with van der Waals surface area (Å²) in [6.45, 7) is 14.2. The van der Waals surface area contributed by atoms with Gasteiger partial charge in [0.1, 0.15) is 0 Å². The van der Waals surface area contributed by atoms with Gasteiger partial charge in [0.05, 0.1) is 0 Å². The largest absolute Gasteiger partial charge is 0.382 e. The molecule has 3 heteroatoms. The Morgan fingerprint density at radius 3 is 2.81 bits per heavy atom. The van der Waals surface area contributed by atoms with Gasteiger partial charge in [0.2, 0.25) is 0 Å². The summed E-state index contributed by atoms with van der Waals surface area (Å²) in [7, 11) is 0. The van der Waals surface area contributed by atoms with Crippen LogP contribution in [-0.2, 0) is 4.74 Å². The zero-order valence-corrected chi connectivity index (χ0v) is 11.3. The molecule has 1 aliphatic rings. The highest BCUT2D eigenvalue weighted by Gasteiger charge is 2.27. The Bertz CT molecular complexity index is 185. The van der Waals surface area contributed by atoms with Crippen LogP contribution in [0.4, 0.5) is 0 Å². The molecule has 0 saturated carbocycles. The molecule has 0 amide bonds. The van der Waals surface area contributed by atoms with Crippen molar-refractivity contribution in [3.05, 3.63) is 0 Å². The monoisotopic (exact) mass is 228 g/mol. The van der Waals surface area contributed by atoms with Crippen LogP contribution < -0.4 is 5.32 Å². The molecule has 0 aromatic carbocycles. The zero-order chi connectivity index (χ0) is 12.0. The molecule has 1 N–H and O–H groups in total. The van der Waals surface area contributed by atoms with Crippen molar-refractivity contribution in [2.24, 2.45) is 5.92 Å². The van der Waals surface area contributed by atoms with Crippen LogP contribution in [0.15, 0.2) is 0 Å². The van der Waals surface area contributed by atoms with Gasteiger partial charge >= 0.3 is 0 Å². The Morgan fingerprint density at radius 2 is 2.19 bits per heavy atom. The molecule has 1 heterocycles. The standard InChI is InChI=1S/C13H28N2O/c1-5-16-8-6-7-15-10-12(4)14-9-13(15)11(2)3/h11-14H,5-10H2,1-4H3. The lowest BCUT2D eigenvalue weighted by molar-refractivity contribution is 0.0810. The number of nitrogens with zero attached hydrogens (tertiary/aromatic N) is 1. The number of hydrogen-bond acceptors (Lipinski definition) is 3. The van der Waals surface area contributed by atoms with Gasteiger partial charge in [0.25, 0.3) is 0 Å². The van der Waals surface area contributed by atoms with Crippen LogP contribution in [-0.4, -0.2) is 49.8 Å². The molecule has 0 bridgehead atoms. The van der Waals surface area contributed by atoms with Gasteiger partial charge in [-0.2, -0.15) is 0 Å². The maximum atomic E-state index is 5.40. The third kappa shape index (κ3) is 4.40. The smallest absolute Gasteiger partial charge is 0.0478 e. The third-order valence-corrected chi connectivity index (χ3v) is 3.36. The van der Waals surface area contributed by atoms with Gasteiger partial charge in [-0.25, -0.2) is 0 Å². The molecule has 1 saturated heterocycles. The van der Waals surface area contributed by atoms with Gasteiger partial charge in [-0.05, 0) is 26.2 Å². The summed E-state index contributed by atoms with van der Waals surface area (Å²) < 4.78 is 5.40. The van der Waals surface area contributed by atoms with Crippen LogP contribution >= 0.6 is 0 Å². The van der Waals surface area contributed by atoms with Crippen molar-refractivity contribution < 1.29 is 4.74 Å². The van der Waals surface area contributed by atoms with Crippen molar-refractivity contribution in [3.63, 3.8) is 0 Å². The molecule has 1 aliphatic heterocycles. The van der Waals surface area contributed by atoms with E-state index in [9.17, 15) is 0 Å². The molecular weight excluding hydrogens is 200 g/mol. The van der Waals surface area contributed by atoms with E-state index in [1.807, 2.05) is 0 Å². The summed E-state index contributed by atoms with van der Waals surface area (Å²) in [4.78, 5) is 2.63. The second-order valence-corrected chi connectivity index (χ2v) is 5.17. The van der Waals surface area contributed by atoms with Crippen LogP contribution in [0.5, 0.6) is 0 Å². The summed E-state index contributed by atoms with van der Waals surface area (Å²) in [5.74, 6) is 0.729. The highest BCUT2D eigenvalue weighted by atomic mass is 16.5. The van der Waals surface area contributed by atoms with Crippen molar-refractivity contribution in [2.45, 2.75) is 46.2 Å². The Hall–Kier alpha value is -0.120. The van der Waals surface area contributed by atoms with Crippen molar-refractivity contribution in [1.82, 2.24) is 10.2 Å². The van der Waals surface area contributed by atoms with E-state index in [1.54, 1.807) is 0 Å². The second-order valence-electron chi connectivity index (χ2n) is 5.17. The quantitative estimate of drug-likeness (QED) is 0.701. The van der Waals surface area contributed by atoms with E-state index in [1.165, 1.54) is 13.1 Å². The molecule has 16 heavy (non-hydrogen) atoms. The first-order valence-corrected chi connectivity index (χ1v) is 6.70. The van der Waals surface area contributed by atoms with Gasteiger partial charge in [-0.15, -0.1) is 0 Å². The minimum absolute atomic E-state index is 0.627. The molecule has 2 unspecified atom stereocenters. The fourth-order valence-corrected chi connectivity index (χ4v) is 2.43. The maximum absolute atomic E-state index is 5.40. The molecule has 1 fully saturated rings. The number of piperazine rings is 1. The summed E-state index contributed by atoms with van der Waals surface area (Å²) in [5.41, 5.74) is 0. The van der Waals surface area contributed by atoms with E-state index in [0.29, 0.717) is 12.1 Å². The van der Waals surface area contributed by atoms with Crippen molar-refractivity contribution in [2.75, 3.05) is 32.8 Å². The van der Waals surface area contributed by atoms with Gasteiger partial charge in [-0.3, -0.25) is 4.90 Å². The molecule has 2 atom stereocenters. The van der Waals surface area contributed by atoms with Gasteiger partial charge in [0, 0.05) is 44.9 Å². The first kappa shape index (κ1) is 13.9. The summed E-state index contributed by atoms with van der Waals surface area (Å²) in [6, 6.07) is 1.32. The number of hydrogen-bond donors (Lipinski definition) is 1. The van der Waals surface area contributed by atoms with Crippen molar-refractivity contribution in [1.29, 1.82) is 0 Å². The predicted molar refractivity (Wildman–Crippen MR) is 68.8 cm³/mol. The van der Waals surface area contributed by atoms with E-state index in [-0.39, 0.29) is 0 Å². The highest BCUT2D eigenvalue weighted by molar-refractivity contribution is 4.85. The lowest BCUT2D eigenvalue weighted by atomic mass is 9.98. The van der Waals surface area contributed by atoms with Crippen molar-refractivity contribution in [3.8, 4) is 0 Å². The van der Waals surface area contributed by atoms with Crippen LogP contribution in [0.2, 0.25) is 0 Å². The third-order valence-electron chi connectivity index (χ3n) is 3.36. The number of ether oxygens (including phenoxy) is 1. The molecule has 0 aliphatic carbocycles. The SMILES string of the molecule is CCOCCCN1CC(C)NCC1C(C)C. The van der Waals surface area contributed by atoms with Crippen LogP contribution in [0.3, 0.4) is 0 Å². The van der Waals surface area contributed by atoms with Crippen molar-refractivity contribution >= 4 is 0 Å². The Labute approximate surface area is 101 Å². The Balaban J connectivity index is 2.33. The predicted octanol–water partition coefficient (Wildman–Crippen LogP) is 1.73. The normalized spacial score (nSPS) is 27.6. The van der Waals surface area contributed by atoms with E-state index >= 15 is 0 Å². The van der Waals surface area contributed by atoms with Crippen LogP contribution in [0.25, 0.3) is 0 Å². The molecule has 1 rings (SSSR count). The van der Waals surface area contributed by atoms with E-state index < -0.39 is 0 Å². The lowest BCUT2D eigenvalue weighted by Crippen LogP contribution is -2.57. The molecule has 0 spiro atoms. The minimum atomic E-state index is 0.627.